The maximum Gasteiger partial charge on any atom is 0.303 e. The predicted molar refractivity (Wildman–Crippen MR) is 119 cm³/mol. The molecule has 0 aromatic heterocycles. The summed E-state index contributed by atoms with van der Waals surface area (Å²) in [7, 11) is 0. The Kier molecular flexibility index (Phi) is 16.4. The van der Waals surface area contributed by atoms with Gasteiger partial charge >= 0.3 is 5.97 Å². The average Bonchev–Trinajstić information content (AvgIpc) is 2.63. The zero-order valence-electron chi connectivity index (χ0n) is 17.8. The molecule has 3 unspecified atom stereocenters. The van der Waals surface area contributed by atoms with Crippen LogP contribution in [0.25, 0.3) is 0 Å². The number of allylic oxidation sites excluding steroid dienone is 10. The summed E-state index contributed by atoms with van der Waals surface area (Å²) in [5.41, 5.74) is 0. The van der Waals surface area contributed by atoms with Crippen molar-refractivity contribution in [1.82, 2.24) is 0 Å². The Bertz CT molecular complexity index is 508. The van der Waals surface area contributed by atoms with Crippen molar-refractivity contribution in [2.45, 2.75) is 72.6 Å². The molecule has 27 heavy (non-hydrogen) atoms. The third-order valence-electron chi connectivity index (χ3n) is 4.77. The van der Waals surface area contributed by atoms with Gasteiger partial charge in [0.25, 0.3) is 0 Å². The van der Waals surface area contributed by atoms with Crippen molar-refractivity contribution in [3.05, 3.63) is 60.8 Å². The summed E-state index contributed by atoms with van der Waals surface area (Å²) in [5.74, 6) is 1.09. The molecule has 0 radical (unpaired) electrons. The van der Waals surface area contributed by atoms with Crippen molar-refractivity contribution in [2.75, 3.05) is 0 Å². The van der Waals surface area contributed by atoms with Gasteiger partial charge in [-0.05, 0) is 43.4 Å². The van der Waals surface area contributed by atoms with Gasteiger partial charge in [0, 0.05) is 6.42 Å². The molecular weight excluding hydrogens is 332 g/mol. The molecule has 1 N–H and O–H groups in total. The molecule has 2 heteroatoms. The zero-order chi connectivity index (χ0) is 20.3. The van der Waals surface area contributed by atoms with E-state index in [1.807, 2.05) is 0 Å². The number of rotatable bonds is 15. The molecular formula is C25H40O2. The Morgan fingerprint density at radius 2 is 1.48 bits per heavy atom. The predicted octanol–water partition coefficient (Wildman–Crippen LogP) is 7.51. The Hall–Kier alpha value is -1.83. The van der Waals surface area contributed by atoms with E-state index in [0.29, 0.717) is 24.2 Å². The SMILES string of the molecule is CC/C=C\CC(C)C(C)/C=C/C=C\C=C/C=C/C(C)CCCCCC(=O)O. The molecule has 0 spiro atoms. The molecule has 0 heterocycles. The van der Waals surface area contributed by atoms with Crippen molar-refractivity contribution >= 4 is 5.97 Å². The van der Waals surface area contributed by atoms with Crippen LogP contribution < -0.4 is 0 Å². The number of carbonyl (C=O) groups is 1. The van der Waals surface area contributed by atoms with Gasteiger partial charge in [-0.25, -0.2) is 0 Å². The van der Waals surface area contributed by atoms with Crippen LogP contribution in [-0.4, -0.2) is 11.1 Å². The van der Waals surface area contributed by atoms with Crippen LogP contribution in [0.2, 0.25) is 0 Å². The van der Waals surface area contributed by atoms with Crippen molar-refractivity contribution in [2.24, 2.45) is 17.8 Å². The molecule has 0 aliphatic rings. The second kappa shape index (κ2) is 17.6. The summed E-state index contributed by atoms with van der Waals surface area (Å²) in [6.07, 6.45) is 28.1. The lowest BCUT2D eigenvalue weighted by Crippen LogP contribution is -2.03. The van der Waals surface area contributed by atoms with Crippen molar-refractivity contribution in [3.63, 3.8) is 0 Å². The molecule has 0 aromatic carbocycles. The van der Waals surface area contributed by atoms with Gasteiger partial charge in [0.15, 0.2) is 0 Å². The van der Waals surface area contributed by atoms with Crippen LogP contribution in [0.1, 0.15) is 72.6 Å². The number of carboxylic acids is 1. The first-order chi connectivity index (χ1) is 13.0. The summed E-state index contributed by atoms with van der Waals surface area (Å²) >= 11 is 0. The lowest BCUT2D eigenvalue weighted by molar-refractivity contribution is -0.137. The molecule has 0 aromatic rings. The Morgan fingerprint density at radius 3 is 2.11 bits per heavy atom. The van der Waals surface area contributed by atoms with Crippen LogP contribution in [0.15, 0.2) is 60.8 Å². The quantitative estimate of drug-likeness (QED) is 0.183. The first-order valence-corrected chi connectivity index (χ1v) is 10.5. The van der Waals surface area contributed by atoms with Crippen molar-refractivity contribution < 1.29 is 9.90 Å². The molecule has 0 rings (SSSR count). The molecule has 0 amide bonds. The Balaban J connectivity index is 3.94. The Labute approximate surface area is 167 Å². The van der Waals surface area contributed by atoms with E-state index >= 15 is 0 Å². The molecule has 0 bridgehead atoms. The third kappa shape index (κ3) is 17.3. The van der Waals surface area contributed by atoms with Gasteiger partial charge in [0.05, 0.1) is 0 Å². The van der Waals surface area contributed by atoms with E-state index in [1.165, 1.54) is 0 Å². The zero-order valence-corrected chi connectivity index (χ0v) is 17.8. The van der Waals surface area contributed by atoms with Gasteiger partial charge in [-0.3, -0.25) is 4.79 Å². The summed E-state index contributed by atoms with van der Waals surface area (Å²) < 4.78 is 0. The minimum atomic E-state index is -0.691. The highest BCUT2D eigenvalue weighted by molar-refractivity contribution is 5.66. The van der Waals surface area contributed by atoms with Crippen LogP contribution in [0.5, 0.6) is 0 Å². The van der Waals surface area contributed by atoms with E-state index in [4.69, 9.17) is 5.11 Å². The number of unbranched alkanes of at least 4 members (excludes halogenated alkanes) is 2. The summed E-state index contributed by atoms with van der Waals surface area (Å²) in [6, 6.07) is 0. The number of carboxylic acid groups (broad SMARTS) is 1. The number of hydrogen-bond donors (Lipinski definition) is 1. The van der Waals surface area contributed by atoms with Gasteiger partial charge in [0.1, 0.15) is 0 Å². The van der Waals surface area contributed by atoms with Crippen LogP contribution in [0.3, 0.4) is 0 Å². The fourth-order valence-corrected chi connectivity index (χ4v) is 2.65. The van der Waals surface area contributed by atoms with Crippen LogP contribution in [0.4, 0.5) is 0 Å². The number of hydrogen-bond acceptors (Lipinski definition) is 1. The standard InChI is InChI=1S/C25H40O2/c1-5-6-12-19-23(3)24(4)20-15-10-8-7-9-13-17-22(2)18-14-11-16-21-25(26)27/h6-10,12-13,15,17,20,22-24H,5,11,14,16,18-19,21H2,1-4H3,(H,26,27)/b9-7-,10-8-,12-6-,17-13+,20-15+. The second-order valence-corrected chi connectivity index (χ2v) is 7.46. The fourth-order valence-electron chi connectivity index (χ4n) is 2.65. The second-order valence-electron chi connectivity index (χ2n) is 7.46. The fraction of sp³-hybridized carbons (Fsp3) is 0.560. The van der Waals surface area contributed by atoms with Crippen molar-refractivity contribution in [1.29, 1.82) is 0 Å². The van der Waals surface area contributed by atoms with E-state index in [-0.39, 0.29) is 0 Å². The summed E-state index contributed by atoms with van der Waals surface area (Å²) in [6.45, 7) is 8.95. The van der Waals surface area contributed by atoms with Gasteiger partial charge in [-0.1, -0.05) is 101 Å². The van der Waals surface area contributed by atoms with E-state index < -0.39 is 5.97 Å². The molecule has 0 saturated heterocycles. The van der Waals surface area contributed by atoms with E-state index in [9.17, 15) is 4.79 Å². The topological polar surface area (TPSA) is 37.3 Å². The van der Waals surface area contributed by atoms with Gasteiger partial charge in [-0.2, -0.15) is 0 Å². The average molecular weight is 373 g/mol. The molecule has 2 nitrogen and oxygen atoms in total. The molecule has 0 aliphatic carbocycles. The molecule has 0 saturated carbocycles. The largest absolute Gasteiger partial charge is 0.481 e. The van der Waals surface area contributed by atoms with Gasteiger partial charge in [0.2, 0.25) is 0 Å². The van der Waals surface area contributed by atoms with Crippen LogP contribution in [0, 0.1) is 17.8 Å². The highest BCUT2D eigenvalue weighted by Gasteiger charge is 2.06. The normalized spacial score (nSPS) is 16.3. The molecule has 152 valence electrons. The maximum atomic E-state index is 10.4. The molecule has 3 atom stereocenters. The van der Waals surface area contributed by atoms with E-state index in [0.717, 1.165) is 38.5 Å². The first kappa shape index (κ1) is 25.2. The van der Waals surface area contributed by atoms with E-state index in [2.05, 4.69) is 88.5 Å². The van der Waals surface area contributed by atoms with E-state index in [1.54, 1.807) is 0 Å². The lowest BCUT2D eigenvalue weighted by Gasteiger charge is -2.13. The highest BCUT2D eigenvalue weighted by Crippen LogP contribution is 2.17. The monoisotopic (exact) mass is 372 g/mol. The van der Waals surface area contributed by atoms with Crippen LogP contribution >= 0.6 is 0 Å². The first-order valence-electron chi connectivity index (χ1n) is 10.5. The summed E-state index contributed by atoms with van der Waals surface area (Å²) in [5, 5.41) is 8.60. The summed E-state index contributed by atoms with van der Waals surface area (Å²) in [4.78, 5) is 10.4. The lowest BCUT2D eigenvalue weighted by atomic mass is 9.92. The third-order valence-corrected chi connectivity index (χ3v) is 4.77. The van der Waals surface area contributed by atoms with Crippen molar-refractivity contribution in [3.8, 4) is 0 Å². The molecule has 0 aliphatic heterocycles. The minimum Gasteiger partial charge on any atom is -0.481 e. The maximum absolute atomic E-state index is 10.4. The van der Waals surface area contributed by atoms with Crippen LogP contribution in [-0.2, 0) is 4.79 Å². The number of aliphatic carboxylic acids is 1. The van der Waals surface area contributed by atoms with Gasteiger partial charge < -0.3 is 5.11 Å². The minimum absolute atomic E-state index is 0.293. The smallest absolute Gasteiger partial charge is 0.303 e. The molecule has 0 fully saturated rings. The Morgan fingerprint density at radius 1 is 0.852 bits per heavy atom. The highest BCUT2D eigenvalue weighted by atomic mass is 16.4. The van der Waals surface area contributed by atoms with Gasteiger partial charge in [-0.15, -0.1) is 0 Å².